The standard InChI is InChI=1S/C12H23N3O3S/c1-9(2)11-14-10(19(13,16)17)8-15(11)6-7-18-12(3,4)5/h8-9H,6-7H2,1-5H3,(H2,13,16,17). The van der Waals surface area contributed by atoms with Gasteiger partial charge >= 0.3 is 0 Å². The second-order valence-electron chi connectivity index (χ2n) is 5.79. The van der Waals surface area contributed by atoms with Crippen LogP contribution in [0.15, 0.2) is 11.2 Å². The van der Waals surface area contributed by atoms with Gasteiger partial charge < -0.3 is 9.30 Å². The van der Waals surface area contributed by atoms with E-state index in [1.807, 2.05) is 34.6 Å². The number of aromatic nitrogens is 2. The summed E-state index contributed by atoms with van der Waals surface area (Å²) in [5.74, 6) is 0.812. The Hall–Kier alpha value is -0.920. The van der Waals surface area contributed by atoms with Crippen LogP contribution in [-0.4, -0.2) is 30.2 Å². The first-order chi connectivity index (χ1) is 8.50. The van der Waals surface area contributed by atoms with Crippen molar-refractivity contribution in [2.45, 2.75) is 57.7 Å². The van der Waals surface area contributed by atoms with Gasteiger partial charge in [0.25, 0.3) is 10.0 Å². The van der Waals surface area contributed by atoms with E-state index < -0.39 is 10.0 Å². The summed E-state index contributed by atoms with van der Waals surface area (Å²) in [6.45, 7) is 10.9. The van der Waals surface area contributed by atoms with Crippen molar-refractivity contribution in [2.24, 2.45) is 5.14 Å². The Labute approximate surface area is 115 Å². The zero-order chi connectivity index (χ0) is 14.8. The lowest BCUT2D eigenvalue weighted by Gasteiger charge is -2.20. The van der Waals surface area contributed by atoms with E-state index in [0.717, 1.165) is 0 Å². The molecule has 19 heavy (non-hydrogen) atoms. The van der Waals surface area contributed by atoms with Gasteiger partial charge in [-0.2, -0.15) is 0 Å². The second kappa shape index (κ2) is 5.60. The van der Waals surface area contributed by atoms with Crippen LogP contribution in [0.3, 0.4) is 0 Å². The first-order valence-electron chi connectivity index (χ1n) is 6.24. The molecule has 1 aromatic heterocycles. The minimum Gasteiger partial charge on any atom is -0.374 e. The van der Waals surface area contributed by atoms with Gasteiger partial charge in [0.2, 0.25) is 0 Å². The van der Waals surface area contributed by atoms with Gasteiger partial charge in [-0.05, 0) is 20.8 Å². The minimum absolute atomic E-state index is 0.0908. The number of sulfonamides is 1. The molecule has 0 atom stereocenters. The Morgan fingerprint density at radius 2 is 2.00 bits per heavy atom. The third-order valence-corrected chi connectivity index (χ3v) is 3.24. The summed E-state index contributed by atoms with van der Waals surface area (Å²) in [6, 6.07) is 0. The molecule has 7 heteroatoms. The smallest absolute Gasteiger partial charge is 0.257 e. The van der Waals surface area contributed by atoms with Crippen molar-refractivity contribution in [3.63, 3.8) is 0 Å². The van der Waals surface area contributed by atoms with Crippen molar-refractivity contribution in [1.82, 2.24) is 9.55 Å². The Kier molecular flexibility index (Phi) is 4.76. The number of imidazole rings is 1. The Morgan fingerprint density at radius 3 is 2.42 bits per heavy atom. The van der Waals surface area contributed by atoms with E-state index in [2.05, 4.69) is 4.98 Å². The molecule has 0 aromatic carbocycles. The Morgan fingerprint density at radius 1 is 1.42 bits per heavy atom. The lowest BCUT2D eigenvalue weighted by molar-refractivity contribution is -0.00713. The summed E-state index contributed by atoms with van der Waals surface area (Å²) in [5, 5.41) is 5.01. The van der Waals surface area contributed by atoms with Crippen LogP contribution in [-0.2, 0) is 21.3 Å². The molecule has 1 heterocycles. The zero-order valence-corrected chi connectivity index (χ0v) is 13.0. The summed E-state index contributed by atoms with van der Waals surface area (Å²) in [6.07, 6.45) is 1.47. The SMILES string of the molecule is CC(C)c1nc(S(N)(=O)=O)cn1CCOC(C)(C)C. The molecule has 0 aliphatic rings. The van der Waals surface area contributed by atoms with Crippen LogP contribution in [0.5, 0.6) is 0 Å². The average Bonchev–Trinajstić information content (AvgIpc) is 2.59. The fourth-order valence-electron chi connectivity index (χ4n) is 1.63. The Balaban J connectivity index is 2.90. The lowest BCUT2D eigenvalue weighted by atomic mass is 10.2. The highest BCUT2D eigenvalue weighted by molar-refractivity contribution is 7.89. The molecular formula is C12H23N3O3S. The molecule has 0 bridgehead atoms. The molecule has 0 spiro atoms. The van der Waals surface area contributed by atoms with Crippen LogP contribution in [0.4, 0.5) is 0 Å². The van der Waals surface area contributed by atoms with E-state index >= 15 is 0 Å². The molecule has 0 unspecified atom stereocenters. The first kappa shape index (κ1) is 16.1. The predicted octanol–water partition coefficient (Wildman–Crippen LogP) is 1.47. The lowest BCUT2D eigenvalue weighted by Crippen LogP contribution is -2.22. The average molecular weight is 289 g/mol. The molecule has 0 aliphatic carbocycles. The van der Waals surface area contributed by atoms with Crippen LogP contribution < -0.4 is 5.14 Å². The molecule has 0 saturated carbocycles. The van der Waals surface area contributed by atoms with Gasteiger partial charge in [0, 0.05) is 18.7 Å². The van der Waals surface area contributed by atoms with E-state index in [1.165, 1.54) is 6.20 Å². The fourth-order valence-corrected chi connectivity index (χ4v) is 2.13. The molecule has 110 valence electrons. The molecule has 0 aliphatic heterocycles. The third-order valence-electron chi connectivity index (χ3n) is 2.46. The van der Waals surface area contributed by atoms with E-state index in [9.17, 15) is 8.42 Å². The van der Waals surface area contributed by atoms with Crippen molar-refractivity contribution < 1.29 is 13.2 Å². The highest BCUT2D eigenvalue weighted by atomic mass is 32.2. The maximum atomic E-state index is 11.3. The van der Waals surface area contributed by atoms with E-state index in [4.69, 9.17) is 9.88 Å². The minimum atomic E-state index is -3.76. The van der Waals surface area contributed by atoms with E-state index in [1.54, 1.807) is 4.57 Å². The number of primary sulfonamides is 1. The molecule has 0 amide bonds. The van der Waals surface area contributed by atoms with Gasteiger partial charge in [-0.25, -0.2) is 18.5 Å². The van der Waals surface area contributed by atoms with E-state index in [0.29, 0.717) is 19.0 Å². The van der Waals surface area contributed by atoms with Gasteiger partial charge in [-0.3, -0.25) is 0 Å². The number of rotatable bonds is 5. The number of ether oxygens (including phenoxy) is 1. The first-order valence-corrected chi connectivity index (χ1v) is 7.79. The predicted molar refractivity (Wildman–Crippen MR) is 73.4 cm³/mol. The number of nitrogens with two attached hydrogens (primary N) is 1. The van der Waals surface area contributed by atoms with Crippen LogP contribution in [0.25, 0.3) is 0 Å². The maximum Gasteiger partial charge on any atom is 0.257 e. The van der Waals surface area contributed by atoms with Crippen LogP contribution in [0.2, 0.25) is 0 Å². The maximum absolute atomic E-state index is 11.3. The second-order valence-corrected chi connectivity index (χ2v) is 7.30. The number of nitrogens with zero attached hydrogens (tertiary/aromatic N) is 2. The molecule has 0 radical (unpaired) electrons. The van der Waals surface area contributed by atoms with Crippen LogP contribution in [0.1, 0.15) is 46.4 Å². The van der Waals surface area contributed by atoms with Gasteiger partial charge in [-0.1, -0.05) is 13.8 Å². The van der Waals surface area contributed by atoms with Gasteiger partial charge in [0.15, 0.2) is 5.03 Å². The van der Waals surface area contributed by atoms with Crippen molar-refractivity contribution in [3.05, 3.63) is 12.0 Å². The highest BCUT2D eigenvalue weighted by Gasteiger charge is 2.18. The number of hydrogen-bond acceptors (Lipinski definition) is 4. The van der Waals surface area contributed by atoms with Gasteiger partial charge in [0.1, 0.15) is 5.82 Å². The quantitative estimate of drug-likeness (QED) is 0.889. The molecule has 1 rings (SSSR count). The number of hydrogen-bond donors (Lipinski definition) is 1. The summed E-state index contributed by atoms with van der Waals surface area (Å²) >= 11 is 0. The van der Waals surface area contributed by atoms with Gasteiger partial charge in [0.05, 0.1) is 12.2 Å². The van der Waals surface area contributed by atoms with Crippen molar-refractivity contribution in [2.75, 3.05) is 6.61 Å². The zero-order valence-electron chi connectivity index (χ0n) is 12.2. The Bertz CT molecular complexity index is 527. The third kappa shape index (κ3) is 4.93. The normalized spacial score (nSPS) is 13.2. The van der Waals surface area contributed by atoms with Crippen molar-refractivity contribution in [1.29, 1.82) is 0 Å². The van der Waals surface area contributed by atoms with Gasteiger partial charge in [-0.15, -0.1) is 0 Å². The molecule has 2 N–H and O–H groups in total. The molecular weight excluding hydrogens is 266 g/mol. The largest absolute Gasteiger partial charge is 0.374 e. The van der Waals surface area contributed by atoms with E-state index in [-0.39, 0.29) is 16.5 Å². The molecule has 0 fully saturated rings. The topological polar surface area (TPSA) is 87.2 Å². The van der Waals surface area contributed by atoms with Crippen LogP contribution >= 0.6 is 0 Å². The fraction of sp³-hybridized carbons (Fsp3) is 0.750. The monoisotopic (exact) mass is 289 g/mol. The highest BCUT2D eigenvalue weighted by Crippen LogP contribution is 2.17. The molecule has 6 nitrogen and oxygen atoms in total. The summed E-state index contributed by atoms with van der Waals surface area (Å²) in [7, 11) is -3.76. The van der Waals surface area contributed by atoms with Crippen molar-refractivity contribution >= 4 is 10.0 Å². The summed E-state index contributed by atoms with van der Waals surface area (Å²) in [5.41, 5.74) is -0.221. The van der Waals surface area contributed by atoms with Crippen LogP contribution in [0, 0.1) is 0 Å². The summed E-state index contributed by atoms with van der Waals surface area (Å²) < 4.78 is 30.1. The molecule has 1 aromatic rings. The van der Waals surface area contributed by atoms with Crippen molar-refractivity contribution in [3.8, 4) is 0 Å². The summed E-state index contributed by atoms with van der Waals surface area (Å²) in [4.78, 5) is 4.09. The molecule has 0 saturated heterocycles.